The van der Waals surface area contributed by atoms with Gasteiger partial charge < -0.3 is 9.84 Å². The third-order valence-electron chi connectivity index (χ3n) is 4.48. The summed E-state index contributed by atoms with van der Waals surface area (Å²) in [4.78, 5) is 4.67. The van der Waals surface area contributed by atoms with Gasteiger partial charge >= 0.3 is 0 Å². The predicted octanol–water partition coefficient (Wildman–Crippen LogP) is 5.79. The number of phenols is 1. The summed E-state index contributed by atoms with van der Waals surface area (Å²) in [6.45, 7) is 0. The van der Waals surface area contributed by atoms with Crippen LogP contribution in [-0.4, -0.2) is 17.2 Å². The maximum Gasteiger partial charge on any atom is 0.119 e. The lowest BCUT2D eigenvalue weighted by atomic mass is 10.0. The molecular formula is C24H19NO2. The molecule has 27 heavy (non-hydrogen) atoms. The summed E-state index contributed by atoms with van der Waals surface area (Å²) < 4.78 is 5.25. The van der Waals surface area contributed by atoms with Crippen LogP contribution in [0.4, 0.5) is 0 Å². The number of pyridine rings is 1. The van der Waals surface area contributed by atoms with Crippen LogP contribution in [0.2, 0.25) is 0 Å². The van der Waals surface area contributed by atoms with Crippen LogP contribution in [0.5, 0.6) is 11.5 Å². The largest absolute Gasteiger partial charge is 0.508 e. The maximum atomic E-state index is 9.40. The van der Waals surface area contributed by atoms with Crippen LogP contribution in [0.1, 0.15) is 11.3 Å². The van der Waals surface area contributed by atoms with E-state index in [1.165, 1.54) is 0 Å². The van der Waals surface area contributed by atoms with Gasteiger partial charge in [0.15, 0.2) is 0 Å². The summed E-state index contributed by atoms with van der Waals surface area (Å²) in [6, 6.07) is 25.5. The summed E-state index contributed by atoms with van der Waals surface area (Å²) >= 11 is 0. The van der Waals surface area contributed by atoms with Crippen LogP contribution in [0.25, 0.3) is 34.2 Å². The minimum Gasteiger partial charge on any atom is -0.508 e. The fourth-order valence-corrected chi connectivity index (χ4v) is 2.96. The second-order valence-electron chi connectivity index (χ2n) is 6.30. The van der Waals surface area contributed by atoms with Gasteiger partial charge in [-0.25, -0.2) is 4.98 Å². The second kappa shape index (κ2) is 7.34. The van der Waals surface area contributed by atoms with Crippen LogP contribution in [0.3, 0.4) is 0 Å². The van der Waals surface area contributed by atoms with Crippen molar-refractivity contribution in [3.8, 4) is 22.6 Å². The van der Waals surface area contributed by atoms with Crippen molar-refractivity contribution in [1.29, 1.82) is 0 Å². The number of hydrogen-bond acceptors (Lipinski definition) is 3. The summed E-state index contributed by atoms with van der Waals surface area (Å²) in [5, 5.41) is 10.5. The van der Waals surface area contributed by atoms with Gasteiger partial charge in [-0.15, -0.1) is 0 Å². The summed E-state index contributed by atoms with van der Waals surface area (Å²) in [6.07, 6.45) is 4.07. The van der Waals surface area contributed by atoms with Gasteiger partial charge in [0.2, 0.25) is 0 Å². The Labute approximate surface area is 158 Å². The molecule has 0 amide bonds. The van der Waals surface area contributed by atoms with Gasteiger partial charge in [-0.2, -0.15) is 0 Å². The highest BCUT2D eigenvalue weighted by Crippen LogP contribution is 2.23. The third kappa shape index (κ3) is 3.82. The number of rotatable bonds is 4. The summed E-state index contributed by atoms with van der Waals surface area (Å²) in [7, 11) is 1.67. The molecule has 0 aliphatic carbocycles. The van der Waals surface area contributed by atoms with E-state index in [1.807, 2.05) is 42.5 Å². The average molecular weight is 353 g/mol. The van der Waals surface area contributed by atoms with E-state index in [9.17, 15) is 5.11 Å². The fourth-order valence-electron chi connectivity index (χ4n) is 2.96. The van der Waals surface area contributed by atoms with Gasteiger partial charge in [-0.3, -0.25) is 0 Å². The number of phenolic OH excluding ortho intramolecular Hbond substituents is 1. The van der Waals surface area contributed by atoms with E-state index in [0.29, 0.717) is 0 Å². The molecule has 0 fully saturated rings. The van der Waals surface area contributed by atoms with Crippen LogP contribution in [0.15, 0.2) is 78.9 Å². The van der Waals surface area contributed by atoms with Crippen molar-refractivity contribution in [3.63, 3.8) is 0 Å². The lowest BCUT2D eigenvalue weighted by Gasteiger charge is -2.03. The minimum absolute atomic E-state index is 0.277. The standard InChI is InChI=1S/C24H19NO2/c1-27-23-14-15-24-20(16-23)7-11-21(25-24)10-4-17-2-5-18(6-3-17)19-8-12-22(26)13-9-19/h2-16,26H,1H3. The highest BCUT2D eigenvalue weighted by Gasteiger charge is 2.00. The van der Waals surface area contributed by atoms with Crippen LogP contribution in [-0.2, 0) is 0 Å². The molecule has 3 heteroatoms. The van der Waals surface area contributed by atoms with Gasteiger partial charge in [-0.1, -0.05) is 48.5 Å². The Balaban J connectivity index is 1.53. The molecule has 3 nitrogen and oxygen atoms in total. The van der Waals surface area contributed by atoms with E-state index < -0.39 is 0 Å². The molecule has 0 radical (unpaired) electrons. The van der Waals surface area contributed by atoms with Gasteiger partial charge in [0, 0.05) is 5.39 Å². The number of nitrogens with zero attached hydrogens (tertiary/aromatic N) is 1. The molecule has 3 aromatic carbocycles. The first kappa shape index (κ1) is 16.9. The smallest absolute Gasteiger partial charge is 0.119 e. The molecule has 0 bridgehead atoms. The Morgan fingerprint density at radius 3 is 2.19 bits per heavy atom. The highest BCUT2D eigenvalue weighted by atomic mass is 16.5. The first-order chi connectivity index (χ1) is 13.2. The Hall–Kier alpha value is -3.59. The molecule has 0 unspecified atom stereocenters. The Morgan fingerprint density at radius 2 is 1.48 bits per heavy atom. The molecule has 0 aliphatic rings. The Kier molecular flexibility index (Phi) is 4.58. The van der Waals surface area contributed by atoms with Crippen molar-refractivity contribution in [2.75, 3.05) is 7.11 Å². The molecule has 0 atom stereocenters. The summed E-state index contributed by atoms with van der Waals surface area (Å²) in [5.74, 6) is 1.11. The van der Waals surface area contributed by atoms with E-state index in [0.717, 1.165) is 39.0 Å². The molecule has 0 aliphatic heterocycles. The first-order valence-corrected chi connectivity index (χ1v) is 8.74. The molecule has 0 saturated heterocycles. The molecule has 1 N–H and O–H groups in total. The van der Waals surface area contributed by atoms with Gasteiger partial charge in [0.25, 0.3) is 0 Å². The molecule has 4 rings (SSSR count). The zero-order chi connectivity index (χ0) is 18.6. The van der Waals surface area contributed by atoms with E-state index in [4.69, 9.17) is 4.74 Å². The monoisotopic (exact) mass is 353 g/mol. The molecule has 0 spiro atoms. The van der Waals surface area contributed by atoms with E-state index >= 15 is 0 Å². The van der Waals surface area contributed by atoms with Crippen LogP contribution >= 0.6 is 0 Å². The lowest BCUT2D eigenvalue weighted by molar-refractivity contribution is 0.415. The lowest BCUT2D eigenvalue weighted by Crippen LogP contribution is -1.86. The predicted molar refractivity (Wildman–Crippen MR) is 111 cm³/mol. The van der Waals surface area contributed by atoms with Crippen molar-refractivity contribution >= 4 is 23.1 Å². The number of hydrogen-bond donors (Lipinski definition) is 1. The van der Waals surface area contributed by atoms with Crippen molar-refractivity contribution in [2.45, 2.75) is 0 Å². The molecule has 1 aromatic heterocycles. The van der Waals surface area contributed by atoms with Crippen LogP contribution < -0.4 is 4.74 Å². The Bertz CT molecular complexity index is 1100. The molecule has 132 valence electrons. The van der Waals surface area contributed by atoms with Crippen molar-refractivity contribution < 1.29 is 9.84 Å². The van der Waals surface area contributed by atoms with E-state index in [2.05, 4.69) is 41.4 Å². The number of fused-ring (bicyclic) bond motifs is 1. The third-order valence-corrected chi connectivity index (χ3v) is 4.48. The number of methoxy groups -OCH3 is 1. The van der Waals surface area contributed by atoms with Gasteiger partial charge in [-0.05, 0) is 59.2 Å². The minimum atomic E-state index is 0.277. The van der Waals surface area contributed by atoms with Gasteiger partial charge in [0.05, 0.1) is 18.3 Å². The van der Waals surface area contributed by atoms with E-state index in [-0.39, 0.29) is 5.75 Å². The average Bonchev–Trinajstić information content (AvgIpc) is 2.72. The second-order valence-corrected chi connectivity index (χ2v) is 6.30. The molecular weight excluding hydrogens is 334 g/mol. The topological polar surface area (TPSA) is 42.4 Å². The normalized spacial score (nSPS) is 11.1. The number of ether oxygens (including phenoxy) is 1. The van der Waals surface area contributed by atoms with Crippen molar-refractivity contribution in [3.05, 3.63) is 90.1 Å². The first-order valence-electron chi connectivity index (χ1n) is 8.74. The number of aromatic hydroxyl groups is 1. The zero-order valence-electron chi connectivity index (χ0n) is 15.0. The number of benzene rings is 3. The summed E-state index contributed by atoms with van der Waals surface area (Å²) in [5.41, 5.74) is 5.16. The SMILES string of the molecule is COc1ccc2nc(C=Cc3ccc(-c4ccc(O)cc4)cc3)ccc2c1. The van der Waals surface area contributed by atoms with Crippen LogP contribution in [0, 0.1) is 0 Å². The molecule has 1 heterocycles. The number of aromatic nitrogens is 1. The zero-order valence-corrected chi connectivity index (χ0v) is 15.0. The van der Waals surface area contributed by atoms with Crippen molar-refractivity contribution in [2.24, 2.45) is 0 Å². The molecule has 4 aromatic rings. The van der Waals surface area contributed by atoms with Gasteiger partial charge in [0.1, 0.15) is 11.5 Å². The highest BCUT2D eigenvalue weighted by molar-refractivity contribution is 5.82. The maximum absolute atomic E-state index is 9.40. The molecule has 0 saturated carbocycles. The fraction of sp³-hybridized carbons (Fsp3) is 0.0417. The van der Waals surface area contributed by atoms with Crippen molar-refractivity contribution in [1.82, 2.24) is 4.98 Å². The quantitative estimate of drug-likeness (QED) is 0.505. The Morgan fingerprint density at radius 1 is 0.778 bits per heavy atom. The van der Waals surface area contributed by atoms with E-state index in [1.54, 1.807) is 19.2 Å².